The summed E-state index contributed by atoms with van der Waals surface area (Å²) in [5.74, 6) is 1.49. The SMILES string of the molecule is COc1ccc(O)c(C2(CN)CCC2)c1OC. The fourth-order valence-electron chi connectivity index (χ4n) is 2.59. The number of hydrogen-bond acceptors (Lipinski definition) is 4. The number of aromatic hydroxyl groups is 1. The van der Waals surface area contributed by atoms with Gasteiger partial charge in [0.1, 0.15) is 5.75 Å². The second-order valence-corrected chi connectivity index (χ2v) is 4.53. The van der Waals surface area contributed by atoms with Crippen molar-refractivity contribution < 1.29 is 14.6 Å². The average molecular weight is 237 g/mol. The number of methoxy groups -OCH3 is 2. The monoisotopic (exact) mass is 237 g/mol. The molecule has 0 heterocycles. The summed E-state index contributed by atoms with van der Waals surface area (Å²) in [6.07, 6.45) is 3.11. The molecule has 0 spiro atoms. The van der Waals surface area contributed by atoms with E-state index in [2.05, 4.69) is 0 Å². The summed E-state index contributed by atoms with van der Waals surface area (Å²) in [5, 5.41) is 10.1. The smallest absolute Gasteiger partial charge is 0.168 e. The van der Waals surface area contributed by atoms with Crippen LogP contribution in [-0.4, -0.2) is 25.9 Å². The van der Waals surface area contributed by atoms with Gasteiger partial charge in [0, 0.05) is 17.5 Å². The van der Waals surface area contributed by atoms with Gasteiger partial charge in [-0.15, -0.1) is 0 Å². The maximum absolute atomic E-state index is 10.1. The number of benzene rings is 1. The van der Waals surface area contributed by atoms with Gasteiger partial charge < -0.3 is 20.3 Å². The zero-order valence-electron chi connectivity index (χ0n) is 10.3. The number of phenolic OH excluding ortho intramolecular Hbond substituents is 1. The Hall–Kier alpha value is -1.42. The number of hydrogen-bond donors (Lipinski definition) is 2. The van der Waals surface area contributed by atoms with E-state index >= 15 is 0 Å². The van der Waals surface area contributed by atoms with Gasteiger partial charge in [0.2, 0.25) is 0 Å². The van der Waals surface area contributed by atoms with Gasteiger partial charge >= 0.3 is 0 Å². The third kappa shape index (κ3) is 1.72. The van der Waals surface area contributed by atoms with Gasteiger partial charge in [-0.3, -0.25) is 0 Å². The van der Waals surface area contributed by atoms with Crippen LogP contribution in [0.15, 0.2) is 12.1 Å². The molecule has 1 aliphatic rings. The second kappa shape index (κ2) is 4.45. The van der Waals surface area contributed by atoms with E-state index in [4.69, 9.17) is 15.2 Å². The van der Waals surface area contributed by atoms with Crippen molar-refractivity contribution in [2.45, 2.75) is 24.7 Å². The summed E-state index contributed by atoms with van der Waals surface area (Å²) in [6, 6.07) is 3.35. The molecule has 0 amide bonds. The first-order valence-corrected chi connectivity index (χ1v) is 5.83. The minimum atomic E-state index is -0.149. The molecule has 2 rings (SSSR count). The van der Waals surface area contributed by atoms with Crippen molar-refractivity contribution >= 4 is 0 Å². The van der Waals surface area contributed by atoms with Crippen LogP contribution in [-0.2, 0) is 5.41 Å². The minimum absolute atomic E-state index is 0.149. The maximum atomic E-state index is 10.1. The molecule has 4 heteroatoms. The van der Waals surface area contributed by atoms with Gasteiger partial charge in [0.25, 0.3) is 0 Å². The molecule has 1 aliphatic carbocycles. The molecule has 1 saturated carbocycles. The predicted octanol–water partition coefficient (Wildman–Crippen LogP) is 1.79. The van der Waals surface area contributed by atoms with Crippen molar-refractivity contribution in [2.75, 3.05) is 20.8 Å². The van der Waals surface area contributed by atoms with Crippen molar-refractivity contribution in [1.29, 1.82) is 0 Å². The van der Waals surface area contributed by atoms with Gasteiger partial charge in [0.05, 0.1) is 14.2 Å². The van der Waals surface area contributed by atoms with Gasteiger partial charge in [0.15, 0.2) is 11.5 Å². The van der Waals surface area contributed by atoms with Crippen LogP contribution in [0.2, 0.25) is 0 Å². The topological polar surface area (TPSA) is 64.7 Å². The van der Waals surface area contributed by atoms with E-state index in [-0.39, 0.29) is 11.2 Å². The molecule has 0 aliphatic heterocycles. The Morgan fingerprint density at radius 1 is 1.29 bits per heavy atom. The van der Waals surface area contributed by atoms with Crippen molar-refractivity contribution in [3.05, 3.63) is 17.7 Å². The molecule has 17 heavy (non-hydrogen) atoms. The molecule has 0 bridgehead atoms. The Morgan fingerprint density at radius 2 is 2.00 bits per heavy atom. The van der Waals surface area contributed by atoms with Crippen LogP contribution in [0.25, 0.3) is 0 Å². The van der Waals surface area contributed by atoms with Crippen LogP contribution < -0.4 is 15.2 Å². The molecule has 1 aromatic carbocycles. The predicted molar refractivity (Wildman–Crippen MR) is 65.8 cm³/mol. The summed E-state index contributed by atoms with van der Waals surface area (Å²) in [5.41, 5.74) is 6.53. The summed E-state index contributed by atoms with van der Waals surface area (Å²) in [6.45, 7) is 0.518. The van der Waals surface area contributed by atoms with E-state index in [0.717, 1.165) is 24.8 Å². The quantitative estimate of drug-likeness (QED) is 0.838. The summed E-state index contributed by atoms with van der Waals surface area (Å²) >= 11 is 0. The Bertz CT molecular complexity index is 408. The fraction of sp³-hybridized carbons (Fsp3) is 0.538. The van der Waals surface area contributed by atoms with Crippen molar-refractivity contribution in [3.63, 3.8) is 0 Å². The van der Waals surface area contributed by atoms with Crippen molar-refractivity contribution in [1.82, 2.24) is 0 Å². The number of nitrogens with two attached hydrogens (primary N) is 1. The van der Waals surface area contributed by atoms with Crippen LogP contribution in [0.4, 0.5) is 0 Å². The normalized spacial score (nSPS) is 17.4. The molecule has 0 atom stereocenters. The Balaban J connectivity index is 2.58. The lowest BCUT2D eigenvalue weighted by molar-refractivity contribution is 0.232. The second-order valence-electron chi connectivity index (χ2n) is 4.53. The fourth-order valence-corrected chi connectivity index (χ4v) is 2.59. The van der Waals surface area contributed by atoms with E-state index in [9.17, 15) is 5.11 Å². The highest BCUT2D eigenvalue weighted by Crippen LogP contribution is 2.52. The highest BCUT2D eigenvalue weighted by atomic mass is 16.5. The molecule has 0 unspecified atom stereocenters. The Labute approximate surface area is 101 Å². The maximum Gasteiger partial charge on any atom is 0.168 e. The van der Waals surface area contributed by atoms with Crippen LogP contribution in [0.5, 0.6) is 17.2 Å². The first-order chi connectivity index (χ1) is 8.18. The van der Waals surface area contributed by atoms with Gasteiger partial charge in [-0.1, -0.05) is 6.42 Å². The van der Waals surface area contributed by atoms with E-state index in [0.29, 0.717) is 18.0 Å². The Morgan fingerprint density at radius 3 is 2.41 bits per heavy atom. The first kappa shape index (κ1) is 12.0. The summed E-state index contributed by atoms with van der Waals surface area (Å²) < 4.78 is 10.7. The molecular formula is C13H19NO3. The van der Waals surface area contributed by atoms with Crippen LogP contribution in [0.3, 0.4) is 0 Å². The highest BCUT2D eigenvalue weighted by molar-refractivity contribution is 5.57. The average Bonchev–Trinajstić information content (AvgIpc) is 2.30. The molecule has 0 radical (unpaired) electrons. The van der Waals surface area contributed by atoms with E-state index in [1.165, 1.54) is 0 Å². The zero-order valence-corrected chi connectivity index (χ0v) is 10.3. The molecule has 1 aromatic rings. The van der Waals surface area contributed by atoms with Gasteiger partial charge in [-0.2, -0.15) is 0 Å². The third-order valence-electron chi connectivity index (χ3n) is 3.76. The van der Waals surface area contributed by atoms with E-state index < -0.39 is 0 Å². The van der Waals surface area contributed by atoms with Crippen molar-refractivity contribution in [3.8, 4) is 17.2 Å². The number of rotatable bonds is 4. The van der Waals surface area contributed by atoms with Crippen LogP contribution >= 0.6 is 0 Å². The molecule has 0 saturated heterocycles. The van der Waals surface area contributed by atoms with Crippen molar-refractivity contribution in [2.24, 2.45) is 5.73 Å². The van der Waals surface area contributed by atoms with E-state index in [1.54, 1.807) is 26.4 Å². The van der Waals surface area contributed by atoms with Crippen LogP contribution in [0.1, 0.15) is 24.8 Å². The summed E-state index contributed by atoms with van der Waals surface area (Å²) in [4.78, 5) is 0. The van der Waals surface area contributed by atoms with E-state index in [1.807, 2.05) is 0 Å². The molecule has 94 valence electrons. The lowest BCUT2D eigenvalue weighted by Gasteiger charge is -2.42. The number of phenols is 1. The zero-order chi connectivity index (χ0) is 12.5. The largest absolute Gasteiger partial charge is 0.508 e. The van der Waals surface area contributed by atoms with Gasteiger partial charge in [-0.05, 0) is 25.0 Å². The minimum Gasteiger partial charge on any atom is -0.508 e. The Kier molecular flexibility index (Phi) is 3.15. The molecule has 4 nitrogen and oxygen atoms in total. The third-order valence-corrected chi connectivity index (χ3v) is 3.76. The lowest BCUT2D eigenvalue weighted by Crippen LogP contribution is -2.41. The van der Waals surface area contributed by atoms with Gasteiger partial charge in [-0.25, -0.2) is 0 Å². The molecule has 0 aromatic heterocycles. The standard InChI is InChI=1S/C13H19NO3/c1-16-10-5-4-9(15)11(12(10)17-2)13(8-14)6-3-7-13/h4-5,15H,3,6-8,14H2,1-2H3. The molecule has 3 N–H and O–H groups in total. The first-order valence-electron chi connectivity index (χ1n) is 5.83. The number of ether oxygens (including phenoxy) is 2. The highest BCUT2D eigenvalue weighted by Gasteiger charge is 2.42. The molecular weight excluding hydrogens is 218 g/mol. The lowest BCUT2D eigenvalue weighted by atomic mass is 9.64. The summed E-state index contributed by atoms with van der Waals surface area (Å²) in [7, 11) is 3.18. The van der Waals surface area contributed by atoms with Crippen LogP contribution in [0, 0.1) is 0 Å². The molecule has 1 fully saturated rings.